The van der Waals surface area contributed by atoms with Gasteiger partial charge in [0, 0.05) is 17.4 Å². The number of halogens is 1. The Kier molecular flexibility index (Phi) is 4.06. The summed E-state index contributed by atoms with van der Waals surface area (Å²) in [5, 5.41) is 12.9. The zero-order valence-electron chi connectivity index (χ0n) is 10.4. The second-order valence-corrected chi connectivity index (χ2v) is 4.51. The third-order valence-electron chi connectivity index (χ3n) is 2.77. The van der Waals surface area contributed by atoms with E-state index < -0.39 is 0 Å². The normalized spacial score (nSPS) is 12.1. The van der Waals surface area contributed by atoms with Crippen LogP contribution in [0.3, 0.4) is 0 Å². The van der Waals surface area contributed by atoms with Crippen molar-refractivity contribution in [1.82, 2.24) is 15.3 Å². The van der Waals surface area contributed by atoms with Crippen LogP contribution in [0.25, 0.3) is 0 Å². The summed E-state index contributed by atoms with van der Waals surface area (Å²) in [6.45, 7) is 1.94. The van der Waals surface area contributed by atoms with Gasteiger partial charge in [-0.15, -0.1) is 0 Å². The van der Waals surface area contributed by atoms with Crippen LogP contribution in [0.2, 0.25) is 5.02 Å². The first-order valence-corrected chi connectivity index (χ1v) is 6.28. The molecule has 0 aliphatic rings. The summed E-state index contributed by atoms with van der Waals surface area (Å²) in [5.41, 5.74) is 0.150. The Morgan fingerprint density at radius 1 is 1.58 bits per heavy atom. The average Bonchev–Trinajstić information content (AvgIpc) is 2.92. The van der Waals surface area contributed by atoms with E-state index in [9.17, 15) is 9.90 Å². The van der Waals surface area contributed by atoms with Gasteiger partial charge in [0.25, 0.3) is 5.91 Å². The highest BCUT2D eigenvalue weighted by Gasteiger charge is 2.18. The molecule has 3 N–H and O–H groups in total. The lowest BCUT2D eigenvalue weighted by Gasteiger charge is -2.15. The molecule has 0 aliphatic heterocycles. The number of H-pyrrole nitrogens is 1. The van der Waals surface area contributed by atoms with E-state index in [1.165, 1.54) is 18.2 Å². The SMILES string of the molecule is CCC(NC(=O)c1cc(Cl)ccc1O)c1ncc[nH]1. The van der Waals surface area contributed by atoms with E-state index in [1.807, 2.05) is 6.92 Å². The first-order chi connectivity index (χ1) is 9.11. The molecule has 2 aromatic rings. The number of aromatic amines is 1. The molecule has 5 nitrogen and oxygen atoms in total. The number of hydrogen-bond donors (Lipinski definition) is 3. The topological polar surface area (TPSA) is 78.0 Å². The molecule has 1 aromatic carbocycles. The van der Waals surface area contributed by atoms with Gasteiger partial charge in [-0.3, -0.25) is 4.79 Å². The molecular formula is C13H14ClN3O2. The molecule has 100 valence electrons. The summed E-state index contributed by atoms with van der Waals surface area (Å²) in [5.74, 6) is 0.191. The van der Waals surface area contributed by atoms with Crippen LogP contribution in [0.1, 0.15) is 35.6 Å². The number of amides is 1. The molecule has 1 atom stereocenters. The minimum atomic E-state index is -0.386. The second-order valence-electron chi connectivity index (χ2n) is 4.07. The number of phenols is 1. The fraction of sp³-hybridized carbons (Fsp3) is 0.231. The van der Waals surface area contributed by atoms with E-state index in [2.05, 4.69) is 15.3 Å². The van der Waals surface area contributed by atoms with Crippen LogP contribution >= 0.6 is 11.6 Å². The van der Waals surface area contributed by atoms with E-state index in [0.717, 1.165) is 0 Å². The number of phenolic OH excluding ortho intramolecular Hbond substituents is 1. The summed E-state index contributed by atoms with van der Waals surface area (Å²) in [4.78, 5) is 19.2. The standard InChI is InChI=1S/C13H14ClN3O2/c1-2-10(12-15-5-6-16-12)17-13(19)9-7-8(14)3-4-11(9)18/h3-7,10,18H,2H2,1H3,(H,15,16)(H,17,19). The van der Waals surface area contributed by atoms with Crippen LogP contribution in [0.4, 0.5) is 0 Å². The van der Waals surface area contributed by atoms with Gasteiger partial charge in [0.2, 0.25) is 0 Å². The monoisotopic (exact) mass is 279 g/mol. The van der Waals surface area contributed by atoms with Gasteiger partial charge in [-0.25, -0.2) is 4.98 Å². The first kappa shape index (κ1) is 13.4. The van der Waals surface area contributed by atoms with Gasteiger partial charge < -0.3 is 15.4 Å². The van der Waals surface area contributed by atoms with Gasteiger partial charge in [0.1, 0.15) is 11.6 Å². The Bertz CT molecular complexity index is 569. The van der Waals surface area contributed by atoms with Crippen molar-refractivity contribution in [1.29, 1.82) is 0 Å². The molecule has 0 saturated heterocycles. The quantitative estimate of drug-likeness (QED) is 0.805. The zero-order chi connectivity index (χ0) is 13.8. The molecular weight excluding hydrogens is 266 g/mol. The highest BCUT2D eigenvalue weighted by molar-refractivity contribution is 6.31. The van der Waals surface area contributed by atoms with Crippen molar-refractivity contribution in [3.63, 3.8) is 0 Å². The van der Waals surface area contributed by atoms with E-state index >= 15 is 0 Å². The maximum atomic E-state index is 12.1. The van der Waals surface area contributed by atoms with Crippen molar-refractivity contribution in [3.8, 4) is 5.75 Å². The van der Waals surface area contributed by atoms with Crippen LogP contribution in [0.5, 0.6) is 5.75 Å². The molecule has 0 radical (unpaired) electrons. The molecule has 0 saturated carbocycles. The maximum absolute atomic E-state index is 12.1. The molecule has 0 aliphatic carbocycles. The minimum absolute atomic E-state index is 0.101. The molecule has 0 spiro atoms. The largest absolute Gasteiger partial charge is 0.507 e. The highest BCUT2D eigenvalue weighted by atomic mass is 35.5. The van der Waals surface area contributed by atoms with Crippen LogP contribution < -0.4 is 5.32 Å². The van der Waals surface area contributed by atoms with Gasteiger partial charge >= 0.3 is 0 Å². The fourth-order valence-electron chi connectivity index (χ4n) is 1.76. The fourth-order valence-corrected chi connectivity index (χ4v) is 1.93. The summed E-state index contributed by atoms with van der Waals surface area (Å²) in [6.07, 6.45) is 4.00. The van der Waals surface area contributed by atoms with Crippen LogP contribution in [-0.2, 0) is 0 Å². The van der Waals surface area contributed by atoms with Crippen molar-refractivity contribution in [3.05, 3.63) is 47.0 Å². The lowest BCUT2D eigenvalue weighted by atomic mass is 10.1. The maximum Gasteiger partial charge on any atom is 0.255 e. The summed E-state index contributed by atoms with van der Waals surface area (Å²) < 4.78 is 0. The number of benzene rings is 1. The number of carbonyl (C=O) groups is 1. The Labute approximate surface area is 115 Å². The van der Waals surface area contributed by atoms with E-state index in [4.69, 9.17) is 11.6 Å². The van der Waals surface area contributed by atoms with Crippen LogP contribution in [0.15, 0.2) is 30.6 Å². The number of carbonyl (C=O) groups excluding carboxylic acids is 1. The van der Waals surface area contributed by atoms with E-state index in [1.54, 1.807) is 12.4 Å². The zero-order valence-corrected chi connectivity index (χ0v) is 11.1. The number of aromatic nitrogens is 2. The Morgan fingerprint density at radius 2 is 2.37 bits per heavy atom. The van der Waals surface area contributed by atoms with E-state index in [-0.39, 0.29) is 23.3 Å². The predicted octanol–water partition coefficient (Wildman–Crippen LogP) is 2.65. The van der Waals surface area contributed by atoms with Crippen LogP contribution in [-0.4, -0.2) is 21.0 Å². The summed E-state index contributed by atoms with van der Waals surface area (Å²) in [6, 6.07) is 4.12. The number of imidazole rings is 1. The third-order valence-corrected chi connectivity index (χ3v) is 3.00. The van der Waals surface area contributed by atoms with Crippen molar-refractivity contribution in [2.45, 2.75) is 19.4 Å². The lowest BCUT2D eigenvalue weighted by molar-refractivity contribution is 0.0931. The number of rotatable bonds is 4. The van der Waals surface area contributed by atoms with Gasteiger partial charge in [-0.2, -0.15) is 0 Å². The number of nitrogens with zero attached hydrogens (tertiary/aromatic N) is 1. The summed E-state index contributed by atoms with van der Waals surface area (Å²) in [7, 11) is 0. The van der Waals surface area contributed by atoms with Gasteiger partial charge in [-0.05, 0) is 24.6 Å². The van der Waals surface area contributed by atoms with Crippen LogP contribution in [0, 0.1) is 0 Å². The molecule has 19 heavy (non-hydrogen) atoms. The van der Waals surface area contributed by atoms with E-state index in [0.29, 0.717) is 17.3 Å². The minimum Gasteiger partial charge on any atom is -0.507 e. The first-order valence-electron chi connectivity index (χ1n) is 5.90. The van der Waals surface area contributed by atoms with Crippen molar-refractivity contribution < 1.29 is 9.90 Å². The number of hydrogen-bond acceptors (Lipinski definition) is 3. The Hall–Kier alpha value is -2.01. The molecule has 6 heteroatoms. The molecule has 0 fully saturated rings. The van der Waals surface area contributed by atoms with Crippen molar-refractivity contribution in [2.75, 3.05) is 0 Å². The number of nitrogens with one attached hydrogen (secondary N) is 2. The smallest absolute Gasteiger partial charge is 0.255 e. The molecule has 1 aromatic heterocycles. The number of aromatic hydroxyl groups is 1. The lowest BCUT2D eigenvalue weighted by Crippen LogP contribution is -2.28. The predicted molar refractivity (Wildman–Crippen MR) is 72.2 cm³/mol. The molecule has 0 bridgehead atoms. The molecule has 1 amide bonds. The van der Waals surface area contributed by atoms with Gasteiger partial charge in [-0.1, -0.05) is 18.5 Å². The summed E-state index contributed by atoms with van der Waals surface area (Å²) >= 11 is 5.82. The molecule has 1 heterocycles. The Balaban J connectivity index is 2.18. The Morgan fingerprint density at radius 3 is 3.00 bits per heavy atom. The third kappa shape index (κ3) is 3.06. The highest BCUT2D eigenvalue weighted by Crippen LogP contribution is 2.22. The second kappa shape index (κ2) is 5.75. The van der Waals surface area contributed by atoms with Gasteiger partial charge in [0.15, 0.2) is 0 Å². The van der Waals surface area contributed by atoms with Crippen molar-refractivity contribution in [2.24, 2.45) is 0 Å². The van der Waals surface area contributed by atoms with Crippen molar-refractivity contribution >= 4 is 17.5 Å². The molecule has 2 rings (SSSR count). The van der Waals surface area contributed by atoms with Gasteiger partial charge in [0.05, 0.1) is 11.6 Å². The molecule has 1 unspecified atom stereocenters. The average molecular weight is 280 g/mol.